The van der Waals surface area contributed by atoms with Crippen LogP contribution in [-0.4, -0.2) is 124 Å². The number of quaternary nitrogens is 1. The first-order valence-corrected chi connectivity index (χ1v) is 13.3. The van der Waals surface area contributed by atoms with Crippen LogP contribution in [0.1, 0.15) is 34.6 Å². The van der Waals surface area contributed by atoms with Crippen LogP contribution >= 0.6 is 7.44 Å². The minimum Gasteiger partial charge on any atom is -0.380 e. The second kappa shape index (κ2) is 10.8. The molecule has 0 N–H and O–H groups in total. The largest absolute Gasteiger partial charge is 0.380 e. The van der Waals surface area contributed by atoms with Gasteiger partial charge in [-0.2, -0.15) is 0 Å². The van der Waals surface area contributed by atoms with Gasteiger partial charge in [0.1, 0.15) is 14.2 Å². The second-order valence-electron chi connectivity index (χ2n) is 10.9. The standard InChI is InChI=1S/C22H45BN4O3P/c1-19(2)9-12-27(8)13-10-26(11-14-27)31(28,24(6)7)18-29-17-20-15-25(22(3,4)5)16-21(23)30-20/h9,20-21H,10-18H2,1-8H3/q+1. The predicted octanol–water partition coefficient (Wildman–Crippen LogP) is 2.44. The summed E-state index contributed by atoms with van der Waals surface area (Å²) in [6, 6.07) is -0.319. The summed E-state index contributed by atoms with van der Waals surface area (Å²) in [6.07, 6.45) is 2.41. The molecular weight excluding hydrogens is 410 g/mol. The molecule has 3 atom stereocenters. The lowest BCUT2D eigenvalue weighted by Gasteiger charge is -2.45. The van der Waals surface area contributed by atoms with E-state index in [4.69, 9.17) is 17.3 Å². The molecule has 178 valence electrons. The SMILES string of the molecule is [B]C1CN(C(C)(C)C)CC(COCP(=O)(N(C)C)N2CC[N+](C)(CC=C(C)C)CC2)O1. The summed E-state index contributed by atoms with van der Waals surface area (Å²) in [6.45, 7) is 17.4. The van der Waals surface area contributed by atoms with Crippen molar-refractivity contribution in [3.05, 3.63) is 11.6 Å². The lowest BCUT2D eigenvalue weighted by molar-refractivity contribution is -0.907. The first kappa shape index (κ1) is 27.0. The van der Waals surface area contributed by atoms with Crippen molar-refractivity contribution in [2.45, 2.75) is 52.3 Å². The van der Waals surface area contributed by atoms with E-state index >= 15 is 0 Å². The van der Waals surface area contributed by atoms with Gasteiger partial charge in [-0.05, 0) is 54.8 Å². The van der Waals surface area contributed by atoms with E-state index in [1.807, 2.05) is 18.8 Å². The van der Waals surface area contributed by atoms with E-state index < -0.39 is 7.44 Å². The monoisotopic (exact) mass is 455 g/mol. The highest BCUT2D eigenvalue weighted by Crippen LogP contribution is 2.52. The van der Waals surface area contributed by atoms with Gasteiger partial charge in [0.25, 0.3) is 0 Å². The van der Waals surface area contributed by atoms with Crippen LogP contribution in [0.2, 0.25) is 0 Å². The molecule has 2 heterocycles. The number of nitrogens with zero attached hydrogens (tertiary/aromatic N) is 4. The summed E-state index contributed by atoms with van der Waals surface area (Å²) in [4.78, 5) is 2.33. The van der Waals surface area contributed by atoms with Crippen molar-refractivity contribution in [1.29, 1.82) is 0 Å². The topological polar surface area (TPSA) is 45.2 Å². The molecule has 2 aliphatic heterocycles. The van der Waals surface area contributed by atoms with Crippen LogP contribution in [0.15, 0.2) is 11.6 Å². The number of allylic oxidation sites excluding steroid dienone is 1. The van der Waals surface area contributed by atoms with Gasteiger partial charge < -0.3 is 14.0 Å². The Morgan fingerprint density at radius 2 is 1.87 bits per heavy atom. The molecule has 0 saturated carbocycles. The number of ether oxygens (including phenoxy) is 2. The molecule has 2 saturated heterocycles. The molecule has 2 aliphatic rings. The molecule has 2 fully saturated rings. The van der Waals surface area contributed by atoms with Gasteiger partial charge in [0.05, 0.1) is 52.5 Å². The Hall–Kier alpha value is -0.205. The maximum absolute atomic E-state index is 13.9. The first-order chi connectivity index (χ1) is 14.2. The Morgan fingerprint density at radius 3 is 2.39 bits per heavy atom. The molecule has 2 radical (unpaired) electrons. The number of likely N-dealkylation sites (N-methyl/N-ethyl adjacent to an activating group) is 1. The molecule has 7 nitrogen and oxygen atoms in total. The summed E-state index contributed by atoms with van der Waals surface area (Å²) >= 11 is 0. The van der Waals surface area contributed by atoms with E-state index in [0.29, 0.717) is 13.2 Å². The van der Waals surface area contributed by atoms with Gasteiger partial charge in [-0.3, -0.25) is 9.46 Å². The number of rotatable bonds is 8. The summed E-state index contributed by atoms with van der Waals surface area (Å²) < 4.78 is 30.8. The van der Waals surface area contributed by atoms with Crippen molar-refractivity contribution in [2.75, 3.05) is 79.9 Å². The lowest BCUT2D eigenvalue weighted by Crippen LogP contribution is -2.57. The van der Waals surface area contributed by atoms with Gasteiger partial charge in [-0.1, -0.05) is 5.57 Å². The Bertz CT molecular complexity index is 656. The fraction of sp³-hybridized carbons (Fsp3) is 0.909. The number of hydrogen-bond donors (Lipinski definition) is 0. The molecule has 3 unspecified atom stereocenters. The average molecular weight is 455 g/mol. The zero-order valence-electron chi connectivity index (χ0n) is 21.1. The normalized spacial score (nSPS) is 27.8. The highest BCUT2D eigenvalue weighted by atomic mass is 31.2. The Morgan fingerprint density at radius 1 is 1.26 bits per heavy atom. The van der Waals surface area contributed by atoms with E-state index in [1.165, 1.54) is 5.57 Å². The zero-order chi connectivity index (χ0) is 23.4. The van der Waals surface area contributed by atoms with Crippen molar-refractivity contribution in [1.82, 2.24) is 14.2 Å². The summed E-state index contributed by atoms with van der Waals surface area (Å²) in [5.74, 6) is 0. The van der Waals surface area contributed by atoms with Crippen LogP contribution in [0.25, 0.3) is 0 Å². The first-order valence-electron chi connectivity index (χ1n) is 11.5. The number of morpholine rings is 1. The van der Waals surface area contributed by atoms with Crippen molar-refractivity contribution in [2.24, 2.45) is 0 Å². The van der Waals surface area contributed by atoms with E-state index in [2.05, 4.69) is 57.3 Å². The van der Waals surface area contributed by atoms with Crippen LogP contribution in [-0.2, 0) is 14.0 Å². The van der Waals surface area contributed by atoms with E-state index in [1.54, 1.807) is 0 Å². The minimum absolute atomic E-state index is 0.0305. The summed E-state index contributed by atoms with van der Waals surface area (Å²) in [7, 11) is 9.41. The number of piperazine rings is 1. The quantitative estimate of drug-likeness (QED) is 0.243. The minimum atomic E-state index is -2.77. The fourth-order valence-corrected chi connectivity index (χ4v) is 6.15. The Labute approximate surface area is 192 Å². The zero-order valence-corrected chi connectivity index (χ0v) is 22.0. The van der Waals surface area contributed by atoms with E-state index in [9.17, 15) is 4.57 Å². The predicted molar refractivity (Wildman–Crippen MR) is 130 cm³/mol. The van der Waals surface area contributed by atoms with Gasteiger partial charge in [0, 0.05) is 24.6 Å². The Kier molecular flexibility index (Phi) is 9.43. The van der Waals surface area contributed by atoms with Crippen molar-refractivity contribution >= 4 is 15.3 Å². The van der Waals surface area contributed by atoms with Crippen LogP contribution in [0.4, 0.5) is 0 Å². The second-order valence-corrected chi connectivity index (χ2v) is 13.8. The molecule has 9 heteroatoms. The summed E-state index contributed by atoms with van der Waals surface area (Å²) in [5.41, 5.74) is 1.38. The van der Waals surface area contributed by atoms with Gasteiger partial charge in [0.15, 0.2) is 0 Å². The van der Waals surface area contributed by atoms with E-state index in [-0.39, 0.29) is 24.0 Å². The average Bonchev–Trinajstić information content (AvgIpc) is 2.65. The molecule has 0 amide bonds. The maximum atomic E-state index is 13.9. The van der Waals surface area contributed by atoms with Crippen LogP contribution < -0.4 is 0 Å². The Balaban J connectivity index is 1.92. The molecule has 0 aromatic rings. The third-order valence-electron chi connectivity index (χ3n) is 6.51. The van der Waals surface area contributed by atoms with Gasteiger partial charge >= 0.3 is 0 Å². The van der Waals surface area contributed by atoms with Gasteiger partial charge in [0.2, 0.25) is 7.44 Å². The molecule has 0 bridgehead atoms. The molecule has 31 heavy (non-hydrogen) atoms. The van der Waals surface area contributed by atoms with Crippen LogP contribution in [0.5, 0.6) is 0 Å². The summed E-state index contributed by atoms with van der Waals surface area (Å²) in [5, 5.41) is 0. The molecule has 0 aliphatic carbocycles. The smallest absolute Gasteiger partial charge is 0.241 e. The van der Waals surface area contributed by atoms with Gasteiger partial charge in [-0.25, -0.2) is 9.34 Å². The van der Waals surface area contributed by atoms with Crippen LogP contribution in [0.3, 0.4) is 0 Å². The fourth-order valence-electron chi connectivity index (χ4n) is 4.10. The maximum Gasteiger partial charge on any atom is 0.241 e. The highest BCUT2D eigenvalue weighted by Gasteiger charge is 2.40. The van der Waals surface area contributed by atoms with Crippen molar-refractivity contribution in [3.8, 4) is 0 Å². The highest BCUT2D eigenvalue weighted by molar-refractivity contribution is 7.58. The van der Waals surface area contributed by atoms with Gasteiger partial charge in [-0.15, -0.1) is 0 Å². The third kappa shape index (κ3) is 7.67. The number of hydrogen-bond acceptors (Lipinski definition) is 4. The molecule has 0 aromatic heterocycles. The molecule has 0 aromatic carbocycles. The molecular formula is C22H45BN4O3P+. The third-order valence-corrected chi connectivity index (χ3v) is 9.56. The molecule has 2 rings (SSSR count). The van der Waals surface area contributed by atoms with Crippen molar-refractivity contribution < 1.29 is 18.5 Å². The molecule has 0 spiro atoms. The van der Waals surface area contributed by atoms with Crippen LogP contribution in [0, 0.1) is 0 Å². The van der Waals surface area contributed by atoms with E-state index in [0.717, 1.165) is 43.8 Å². The lowest BCUT2D eigenvalue weighted by atomic mass is 9.94. The van der Waals surface area contributed by atoms with Crippen molar-refractivity contribution in [3.63, 3.8) is 0 Å².